The number of primary amides is 1. The van der Waals surface area contributed by atoms with Gasteiger partial charge in [-0.3, -0.25) is 9.59 Å². The first-order chi connectivity index (χ1) is 12.9. The van der Waals surface area contributed by atoms with Gasteiger partial charge in [-0.2, -0.15) is 0 Å². The van der Waals surface area contributed by atoms with Crippen LogP contribution in [0.25, 0.3) is 11.0 Å². The molecule has 1 atom stereocenters. The van der Waals surface area contributed by atoms with Crippen LogP contribution in [-0.4, -0.2) is 33.3 Å². The van der Waals surface area contributed by atoms with Gasteiger partial charge in [-0.1, -0.05) is 53.7 Å². The molecule has 0 saturated carbocycles. The van der Waals surface area contributed by atoms with Crippen molar-refractivity contribution in [3.63, 3.8) is 0 Å². The highest BCUT2D eigenvalue weighted by atomic mass is 35.5. The van der Waals surface area contributed by atoms with Crippen LogP contribution in [0, 0.1) is 0 Å². The normalized spacial score (nSPS) is 12.1. The fraction of sp³-hybridized carbons (Fsp3) is 0.211. The van der Waals surface area contributed by atoms with Gasteiger partial charge >= 0.3 is 5.97 Å². The molecule has 0 saturated heterocycles. The molecule has 0 unspecified atom stereocenters. The van der Waals surface area contributed by atoms with Crippen molar-refractivity contribution >= 4 is 46.3 Å². The number of esters is 1. The van der Waals surface area contributed by atoms with Crippen molar-refractivity contribution in [1.29, 1.82) is 0 Å². The zero-order valence-electron chi connectivity index (χ0n) is 14.6. The van der Waals surface area contributed by atoms with Gasteiger partial charge in [-0.25, -0.2) is 4.98 Å². The van der Waals surface area contributed by atoms with Gasteiger partial charge in [0.1, 0.15) is 0 Å². The average Bonchev–Trinajstić information content (AvgIpc) is 2.97. The summed E-state index contributed by atoms with van der Waals surface area (Å²) in [7, 11) is 0. The van der Waals surface area contributed by atoms with Gasteiger partial charge in [0, 0.05) is 5.02 Å². The van der Waals surface area contributed by atoms with E-state index in [1.165, 1.54) is 18.7 Å². The number of rotatable bonds is 7. The molecule has 0 aliphatic carbocycles. The van der Waals surface area contributed by atoms with Crippen LogP contribution < -0.4 is 5.73 Å². The van der Waals surface area contributed by atoms with Crippen molar-refractivity contribution in [3.8, 4) is 0 Å². The van der Waals surface area contributed by atoms with E-state index < -0.39 is 18.0 Å². The Morgan fingerprint density at radius 3 is 2.70 bits per heavy atom. The van der Waals surface area contributed by atoms with E-state index in [1.807, 2.05) is 47.0 Å². The van der Waals surface area contributed by atoms with Crippen LogP contribution in [0.1, 0.15) is 12.5 Å². The third-order valence-corrected chi connectivity index (χ3v) is 5.07. The summed E-state index contributed by atoms with van der Waals surface area (Å²) in [5, 5.41) is 1.26. The third-order valence-electron chi connectivity index (χ3n) is 3.89. The Bertz CT molecular complexity index is 975. The summed E-state index contributed by atoms with van der Waals surface area (Å²) in [6, 6.07) is 15.5. The Morgan fingerprint density at radius 2 is 2.00 bits per heavy atom. The maximum absolute atomic E-state index is 12.0. The van der Waals surface area contributed by atoms with Gasteiger partial charge in [0.05, 0.1) is 23.3 Å². The fourth-order valence-electron chi connectivity index (χ4n) is 2.52. The molecule has 0 spiro atoms. The van der Waals surface area contributed by atoms with E-state index in [9.17, 15) is 9.59 Å². The predicted molar refractivity (Wildman–Crippen MR) is 106 cm³/mol. The quantitative estimate of drug-likeness (QED) is 0.483. The van der Waals surface area contributed by atoms with Crippen LogP contribution in [0.15, 0.2) is 53.7 Å². The van der Waals surface area contributed by atoms with Crippen LogP contribution >= 0.6 is 23.4 Å². The summed E-state index contributed by atoms with van der Waals surface area (Å²) in [6.07, 6.45) is -0.958. The highest BCUT2D eigenvalue weighted by Gasteiger charge is 2.17. The van der Waals surface area contributed by atoms with Crippen molar-refractivity contribution in [2.24, 2.45) is 5.73 Å². The third kappa shape index (κ3) is 4.81. The number of halogens is 1. The van der Waals surface area contributed by atoms with Gasteiger partial charge < -0.3 is 15.0 Å². The molecule has 1 aromatic heterocycles. The SMILES string of the molecule is C[C@@H](OC(=O)CSc1nc2cc(Cl)ccc2n1Cc1ccccc1)C(N)=O. The summed E-state index contributed by atoms with van der Waals surface area (Å²) in [5.41, 5.74) is 7.90. The van der Waals surface area contributed by atoms with Crippen molar-refractivity contribution in [3.05, 3.63) is 59.1 Å². The van der Waals surface area contributed by atoms with Gasteiger partial charge in [0.25, 0.3) is 5.91 Å². The van der Waals surface area contributed by atoms with Crippen LogP contribution in [-0.2, 0) is 20.9 Å². The predicted octanol–water partition coefficient (Wildman–Crippen LogP) is 3.25. The van der Waals surface area contributed by atoms with Crippen molar-refractivity contribution in [2.45, 2.75) is 24.7 Å². The number of hydrogen-bond donors (Lipinski definition) is 1. The summed E-state index contributed by atoms with van der Waals surface area (Å²) < 4.78 is 7.02. The number of amides is 1. The highest BCUT2D eigenvalue weighted by molar-refractivity contribution is 7.99. The maximum Gasteiger partial charge on any atom is 0.317 e. The summed E-state index contributed by atoms with van der Waals surface area (Å²) in [5.74, 6) is -1.19. The molecule has 2 N–H and O–H groups in total. The largest absolute Gasteiger partial charge is 0.452 e. The fourth-order valence-corrected chi connectivity index (χ4v) is 3.49. The molecule has 0 fully saturated rings. The minimum Gasteiger partial charge on any atom is -0.452 e. The number of carbonyl (C=O) groups excluding carboxylic acids is 2. The molecule has 0 bridgehead atoms. The lowest BCUT2D eigenvalue weighted by Gasteiger charge is -2.11. The number of imidazole rings is 1. The molecule has 2 aromatic carbocycles. The Morgan fingerprint density at radius 1 is 1.26 bits per heavy atom. The number of carbonyl (C=O) groups is 2. The zero-order chi connectivity index (χ0) is 19.4. The monoisotopic (exact) mass is 403 g/mol. The molecule has 6 nitrogen and oxygen atoms in total. The molecular formula is C19H18ClN3O3S. The number of thioether (sulfide) groups is 1. The number of nitrogens with two attached hydrogens (primary N) is 1. The Labute approximate surface area is 165 Å². The van der Waals surface area contributed by atoms with Crippen molar-refractivity contribution < 1.29 is 14.3 Å². The first-order valence-electron chi connectivity index (χ1n) is 8.25. The van der Waals surface area contributed by atoms with E-state index in [0.717, 1.165) is 16.6 Å². The molecule has 140 valence electrons. The molecule has 3 aromatic rings. The molecule has 3 rings (SSSR count). The Kier molecular flexibility index (Phi) is 6.03. The number of fused-ring (bicyclic) bond motifs is 1. The van der Waals surface area contributed by atoms with E-state index in [2.05, 4.69) is 4.98 Å². The second kappa shape index (κ2) is 8.45. The number of nitrogens with zero attached hydrogens (tertiary/aromatic N) is 2. The van der Waals surface area contributed by atoms with Crippen LogP contribution in [0.2, 0.25) is 5.02 Å². The smallest absolute Gasteiger partial charge is 0.317 e. The molecule has 1 amide bonds. The first kappa shape index (κ1) is 19.3. The van der Waals surface area contributed by atoms with E-state index in [1.54, 1.807) is 6.07 Å². The van der Waals surface area contributed by atoms with E-state index in [0.29, 0.717) is 16.7 Å². The number of hydrogen-bond acceptors (Lipinski definition) is 5. The molecule has 1 heterocycles. The molecule has 0 aliphatic heterocycles. The van der Waals surface area contributed by atoms with Gasteiger partial charge in [-0.15, -0.1) is 0 Å². The van der Waals surface area contributed by atoms with Crippen molar-refractivity contribution in [2.75, 3.05) is 5.75 Å². The number of benzene rings is 2. The Hall–Kier alpha value is -2.51. The highest BCUT2D eigenvalue weighted by Crippen LogP contribution is 2.27. The maximum atomic E-state index is 12.0. The average molecular weight is 404 g/mol. The molecule has 8 heteroatoms. The second-order valence-corrected chi connectivity index (χ2v) is 7.30. The van der Waals surface area contributed by atoms with E-state index in [-0.39, 0.29) is 5.75 Å². The van der Waals surface area contributed by atoms with Gasteiger partial charge in [0.15, 0.2) is 11.3 Å². The zero-order valence-corrected chi connectivity index (χ0v) is 16.2. The summed E-state index contributed by atoms with van der Waals surface area (Å²) in [4.78, 5) is 27.6. The molecule has 0 aliphatic rings. The van der Waals surface area contributed by atoms with Crippen LogP contribution in [0.4, 0.5) is 0 Å². The van der Waals surface area contributed by atoms with Crippen LogP contribution in [0.5, 0.6) is 0 Å². The minimum absolute atomic E-state index is 0.0173. The molecular weight excluding hydrogens is 386 g/mol. The summed E-state index contributed by atoms with van der Waals surface area (Å²) in [6.45, 7) is 2.05. The van der Waals surface area contributed by atoms with Gasteiger partial charge in [-0.05, 0) is 30.7 Å². The lowest BCUT2D eigenvalue weighted by Crippen LogP contribution is -2.31. The molecule has 27 heavy (non-hydrogen) atoms. The molecule has 0 radical (unpaired) electrons. The number of aromatic nitrogens is 2. The topological polar surface area (TPSA) is 87.2 Å². The van der Waals surface area contributed by atoms with E-state index in [4.69, 9.17) is 22.1 Å². The van der Waals surface area contributed by atoms with Gasteiger partial charge in [0.2, 0.25) is 0 Å². The first-order valence-corrected chi connectivity index (χ1v) is 9.61. The lowest BCUT2D eigenvalue weighted by molar-refractivity contribution is -0.151. The minimum atomic E-state index is -0.958. The number of ether oxygens (including phenoxy) is 1. The summed E-state index contributed by atoms with van der Waals surface area (Å²) >= 11 is 7.32. The Balaban J connectivity index is 1.84. The van der Waals surface area contributed by atoms with Crippen LogP contribution in [0.3, 0.4) is 0 Å². The van der Waals surface area contributed by atoms with E-state index >= 15 is 0 Å². The second-order valence-electron chi connectivity index (χ2n) is 5.92. The lowest BCUT2D eigenvalue weighted by atomic mass is 10.2. The van der Waals surface area contributed by atoms with Crippen molar-refractivity contribution in [1.82, 2.24) is 9.55 Å². The standard InChI is InChI=1S/C19H18ClN3O3S/c1-12(18(21)25)26-17(24)11-27-19-22-15-9-14(20)7-8-16(15)23(19)10-13-5-3-2-4-6-13/h2-9,12H,10-11H2,1H3,(H2,21,25)/t12-/m1/s1.